The van der Waals surface area contributed by atoms with Crippen LogP contribution in [-0.4, -0.2) is 29.9 Å². The fourth-order valence-electron chi connectivity index (χ4n) is 3.34. The van der Waals surface area contributed by atoms with Crippen LogP contribution >= 0.6 is 0 Å². The second-order valence-electron chi connectivity index (χ2n) is 6.25. The molecule has 5 nitrogen and oxygen atoms in total. The highest BCUT2D eigenvalue weighted by Crippen LogP contribution is 2.30. The minimum absolute atomic E-state index is 0.00702. The molecule has 0 saturated heterocycles. The van der Waals surface area contributed by atoms with Crippen molar-refractivity contribution in [2.45, 2.75) is 32.9 Å². The van der Waals surface area contributed by atoms with E-state index >= 15 is 0 Å². The van der Waals surface area contributed by atoms with Gasteiger partial charge in [0.05, 0.1) is 13.0 Å². The molecule has 1 atom stereocenters. The van der Waals surface area contributed by atoms with Crippen molar-refractivity contribution in [1.29, 1.82) is 0 Å². The molecule has 5 heteroatoms. The maximum Gasteiger partial charge on any atom is 0.247 e. The molecule has 0 unspecified atom stereocenters. The Labute approximate surface area is 154 Å². The second kappa shape index (κ2) is 8.04. The van der Waals surface area contributed by atoms with Gasteiger partial charge in [0.2, 0.25) is 11.8 Å². The highest BCUT2D eigenvalue weighted by molar-refractivity contribution is 5.92. The topological polar surface area (TPSA) is 58.6 Å². The molecule has 0 aromatic heterocycles. The van der Waals surface area contributed by atoms with E-state index in [4.69, 9.17) is 4.74 Å². The van der Waals surface area contributed by atoms with E-state index in [1.807, 2.05) is 62.4 Å². The molecular weight excluding hydrogens is 328 g/mol. The third-order valence-corrected chi connectivity index (χ3v) is 4.61. The Morgan fingerprint density at radius 2 is 1.88 bits per heavy atom. The number of hydrogen-bond acceptors (Lipinski definition) is 3. The van der Waals surface area contributed by atoms with E-state index < -0.39 is 6.04 Å². The van der Waals surface area contributed by atoms with Crippen LogP contribution in [0.25, 0.3) is 0 Å². The molecule has 0 bridgehead atoms. The van der Waals surface area contributed by atoms with Crippen LogP contribution < -0.4 is 10.1 Å². The maximum absolute atomic E-state index is 12.9. The Bertz CT molecular complexity index is 786. The minimum atomic E-state index is -0.569. The van der Waals surface area contributed by atoms with E-state index in [0.717, 1.165) is 22.4 Å². The molecule has 1 aliphatic heterocycles. The number of ether oxygens (including phenoxy) is 1. The number of amides is 2. The van der Waals surface area contributed by atoms with Gasteiger partial charge in [0, 0.05) is 13.1 Å². The Hall–Kier alpha value is -2.82. The van der Waals surface area contributed by atoms with Crippen molar-refractivity contribution in [3.05, 3.63) is 65.2 Å². The van der Waals surface area contributed by atoms with Crippen LogP contribution in [-0.2, 0) is 22.6 Å². The number of carbonyl (C=O) groups excluding carboxylic acids is 2. The summed E-state index contributed by atoms with van der Waals surface area (Å²) in [4.78, 5) is 26.9. The quantitative estimate of drug-likeness (QED) is 0.870. The SMILES string of the molecule is CCOc1ccc(CNC(=O)[C@@H]2c3ccccc3CC(=O)N2CC)cc1. The Balaban J connectivity index is 1.74. The van der Waals surface area contributed by atoms with Gasteiger partial charge < -0.3 is 15.0 Å². The van der Waals surface area contributed by atoms with Crippen LogP contribution in [0.5, 0.6) is 5.75 Å². The van der Waals surface area contributed by atoms with Crippen LogP contribution in [0.1, 0.15) is 36.6 Å². The molecule has 1 N–H and O–H groups in total. The lowest BCUT2D eigenvalue weighted by Gasteiger charge is -2.35. The van der Waals surface area contributed by atoms with Gasteiger partial charge in [-0.15, -0.1) is 0 Å². The van der Waals surface area contributed by atoms with Crippen LogP contribution in [0, 0.1) is 0 Å². The number of nitrogens with zero attached hydrogens (tertiary/aromatic N) is 1. The summed E-state index contributed by atoms with van der Waals surface area (Å²) < 4.78 is 5.43. The molecule has 26 heavy (non-hydrogen) atoms. The Morgan fingerprint density at radius 1 is 1.15 bits per heavy atom. The Kier molecular flexibility index (Phi) is 5.56. The third kappa shape index (κ3) is 3.72. The van der Waals surface area contributed by atoms with Gasteiger partial charge >= 0.3 is 0 Å². The van der Waals surface area contributed by atoms with Gasteiger partial charge in [0.15, 0.2) is 0 Å². The number of hydrogen-bond donors (Lipinski definition) is 1. The van der Waals surface area contributed by atoms with Gasteiger partial charge in [-0.3, -0.25) is 9.59 Å². The summed E-state index contributed by atoms with van der Waals surface area (Å²) in [6.45, 7) is 5.39. The zero-order chi connectivity index (χ0) is 18.5. The molecule has 136 valence electrons. The number of fused-ring (bicyclic) bond motifs is 1. The predicted molar refractivity (Wildman–Crippen MR) is 99.7 cm³/mol. The fourth-order valence-corrected chi connectivity index (χ4v) is 3.34. The summed E-state index contributed by atoms with van der Waals surface area (Å²) in [6.07, 6.45) is 0.354. The summed E-state index contributed by atoms with van der Waals surface area (Å²) in [5.74, 6) is 0.653. The summed E-state index contributed by atoms with van der Waals surface area (Å²) >= 11 is 0. The third-order valence-electron chi connectivity index (χ3n) is 4.61. The fraction of sp³-hybridized carbons (Fsp3) is 0.333. The molecule has 2 aromatic rings. The average Bonchev–Trinajstić information content (AvgIpc) is 2.66. The molecule has 2 aromatic carbocycles. The maximum atomic E-state index is 12.9. The van der Waals surface area contributed by atoms with Gasteiger partial charge in [0.1, 0.15) is 11.8 Å². The molecule has 0 aliphatic carbocycles. The molecule has 3 rings (SSSR count). The standard InChI is InChI=1S/C21H24N2O3/c1-3-23-19(24)13-16-7-5-6-8-18(16)20(23)21(25)22-14-15-9-11-17(12-10-15)26-4-2/h5-12,20H,3-4,13-14H2,1-2H3,(H,22,25)/t20-/m0/s1. The molecular formula is C21H24N2O3. The van der Waals surface area contributed by atoms with Gasteiger partial charge in [-0.1, -0.05) is 36.4 Å². The largest absolute Gasteiger partial charge is 0.494 e. The second-order valence-corrected chi connectivity index (χ2v) is 6.25. The predicted octanol–water partition coefficient (Wildman–Crippen LogP) is 2.85. The zero-order valence-corrected chi connectivity index (χ0v) is 15.2. The van der Waals surface area contributed by atoms with Gasteiger partial charge in [-0.05, 0) is 42.7 Å². The van der Waals surface area contributed by atoms with Gasteiger partial charge in [-0.25, -0.2) is 0 Å². The molecule has 2 amide bonds. The monoisotopic (exact) mass is 352 g/mol. The molecule has 0 saturated carbocycles. The molecule has 1 heterocycles. The number of rotatable bonds is 6. The van der Waals surface area contributed by atoms with Crippen LogP contribution in [0.3, 0.4) is 0 Å². The smallest absolute Gasteiger partial charge is 0.247 e. The van der Waals surface area contributed by atoms with E-state index in [-0.39, 0.29) is 11.8 Å². The van der Waals surface area contributed by atoms with E-state index in [0.29, 0.717) is 26.1 Å². The number of carbonyl (C=O) groups is 2. The van der Waals surface area contributed by atoms with Crippen LogP contribution in [0.2, 0.25) is 0 Å². The van der Waals surface area contributed by atoms with Gasteiger partial charge in [-0.2, -0.15) is 0 Å². The van der Waals surface area contributed by atoms with E-state index in [2.05, 4.69) is 5.32 Å². The summed E-state index contributed by atoms with van der Waals surface area (Å²) in [5, 5.41) is 2.97. The van der Waals surface area contributed by atoms with Crippen molar-refractivity contribution in [3.8, 4) is 5.75 Å². The first kappa shape index (κ1) is 18.0. The van der Waals surface area contributed by atoms with Crippen LogP contribution in [0.15, 0.2) is 48.5 Å². The average molecular weight is 352 g/mol. The molecule has 0 radical (unpaired) electrons. The van der Waals surface area contributed by atoms with E-state index in [1.165, 1.54) is 0 Å². The molecule has 0 spiro atoms. The van der Waals surface area contributed by atoms with Crippen molar-refractivity contribution in [1.82, 2.24) is 10.2 Å². The molecule has 0 fully saturated rings. The van der Waals surface area contributed by atoms with Crippen molar-refractivity contribution in [3.63, 3.8) is 0 Å². The van der Waals surface area contributed by atoms with E-state index in [9.17, 15) is 9.59 Å². The first-order chi connectivity index (χ1) is 12.6. The zero-order valence-electron chi connectivity index (χ0n) is 15.2. The first-order valence-corrected chi connectivity index (χ1v) is 9.00. The summed E-state index contributed by atoms with van der Waals surface area (Å²) in [7, 11) is 0. The van der Waals surface area contributed by atoms with Gasteiger partial charge in [0.25, 0.3) is 0 Å². The normalized spacial score (nSPS) is 16.2. The number of likely N-dealkylation sites (N-methyl/N-ethyl adjacent to an activating group) is 1. The van der Waals surface area contributed by atoms with Crippen molar-refractivity contribution < 1.29 is 14.3 Å². The minimum Gasteiger partial charge on any atom is -0.494 e. The highest BCUT2D eigenvalue weighted by Gasteiger charge is 2.35. The lowest BCUT2D eigenvalue weighted by molar-refractivity contribution is -0.141. The lowest BCUT2D eigenvalue weighted by atomic mass is 9.91. The first-order valence-electron chi connectivity index (χ1n) is 9.00. The van der Waals surface area contributed by atoms with Crippen molar-refractivity contribution in [2.75, 3.05) is 13.2 Å². The van der Waals surface area contributed by atoms with Crippen molar-refractivity contribution in [2.24, 2.45) is 0 Å². The highest BCUT2D eigenvalue weighted by atomic mass is 16.5. The van der Waals surface area contributed by atoms with Crippen LogP contribution in [0.4, 0.5) is 0 Å². The van der Waals surface area contributed by atoms with E-state index in [1.54, 1.807) is 4.90 Å². The van der Waals surface area contributed by atoms with Crippen molar-refractivity contribution >= 4 is 11.8 Å². The number of nitrogens with one attached hydrogen (secondary N) is 1. The summed E-state index contributed by atoms with van der Waals surface area (Å²) in [6, 6.07) is 14.8. The molecule has 1 aliphatic rings. The Morgan fingerprint density at radius 3 is 2.58 bits per heavy atom. The lowest BCUT2D eigenvalue weighted by Crippen LogP contribution is -2.47. The number of benzene rings is 2. The summed E-state index contributed by atoms with van der Waals surface area (Å²) in [5.41, 5.74) is 2.84.